The third-order valence-electron chi connectivity index (χ3n) is 4.31. The first-order valence-electron chi connectivity index (χ1n) is 7.11. The number of aliphatic hydroxyl groups excluding tert-OH is 1. The van der Waals surface area contributed by atoms with Gasteiger partial charge in [0, 0.05) is 18.6 Å². The number of hydrogen-bond donors (Lipinski definition) is 3. The number of nitrogens with one attached hydrogen (secondary N) is 2. The fourth-order valence-electron chi connectivity index (χ4n) is 3.33. The summed E-state index contributed by atoms with van der Waals surface area (Å²) < 4.78 is 24.5. The first-order valence-corrected chi connectivity index (χ1v) is 7.11. The van der Waals surface area contributed by atoms with E-state index in [1.165, 1.54) is 25.7 Å². The molecule has 0 spiro atoms. The number of aliphatic hydroxyl groups is 1. The molecular weight excluding hydrogens is 238 g/mol. The van der Waals surface area contributed by atoms with Gasteiger partial charge >= 0.3 is 0 Å². The maximum Gasteiger partial charge on any atom is 0.265 e. The summed E-state index contributed by atoms with van der Waals surface area (Å²) in [6, 6.07) is 0.816. The van der Waals surface area contributed by atoms with Gasteiger partial charge in [-0.1, -0.05) is 12.8 Å². The van der Waals surface area contributed by atoms with Gasteiger partial charge in [-0.15, -0.1) is 0 Å². The van der Waals surface area contributed by atoms with Gasteiger partial charge in [0.2, 0.25) is 0 Å². The third kappa shape index (κ3) is 3.62. The molecule has 0 bridgehead atoms. The van der Waals surface area contributed by atoms with Gasteiger partial charge in [0.15, 0.2) is 0 Å². The van der Waals surface area contributed by atoms with Crippen LogP contribution in [0.15, 0.2) is 0 Å². The summed E-state index contributed by atoms with van der Waals surface area (Å²) >= 11 is 0. The minimum absolute atomic E-state index is 0.00551. The zero-order valence-electron chi connectivity index (χ0n) is 10.7. The minimum Gasteiger partial charge on any atom is -0.386 e. The Hall–Kier alpha value is -0.260. The third-order valence-corrected chi connectivity index (χ3v) is 4.31. The molecule has 4 atom stereocenters. The first kappa shape index (κ1) is 14.2. The Morgan fingerprint density at radius 3 is 2.67 bits per heavy atom. The van der Waals surface area contributed by atoms with Crippen molar-refractivity contribution in [2.75, 3.05) is 13.1 Å². The first-order chi connectivity index (χ1) is 8.68. The van der Waals surface area contributed by atoms with Gasteiger partial charge in [0.25, 0.3) is 6.43 Å². The number of piperidine rings is 1. The summed E-state index contributed by atoms with van der Waals surface area (Å²) in [4.78, 5) is 0. The Bertz CT molecular complexity index is 247. The van der Waals surface area contributed by atoms with Crippen molar-refractivity contribution in [3.8, 4) is 0 Å². The van der Waals surface area contributed by atoms with E-state index in [4.69, 9.17) is 5.11 Å². The highest BCUT2D eigenvalue weighted by Gasteiger charge is 2.34. The van der Waals surface area contributed by atoms with Crippen LogP contribution in [0.4, 0.5) is 8.78 Å². The van der Waals surface area contributed by atoms with Crippen molar-refractivity contribution < 1.29 is 13.9 Å². The van der Waals surface area contributed by atoms with Gasteiger partial charge < -0.3 is 15.7 Å². The maximum absolute atomic E-state index is 12.3. The Kier molecular flexibility index (Phi) is 5.33. The highest BCUT2D eigenvalue weighted by atomic mass is 19.3. The predicted octanol–water partition coefficient (Wildman–Crippen LogP) is 1.51. The van der Waals surface area contributed by atoms with Crippen LogP contribution < -0.4 is 10.6 Å². The van der Waals surface area contributed by atoms with Gasteiger partial charge in [-0.2, -0.15) is 0 Å². The van der Waals surface area contributed by atoms with Gasteiger partial charge in [-0.05, 0) is 38.1 Å². The van der Waals surface area contributed by atoms with E-state index in [0.29, 0.717) is 12.0 Å². The standard InChI is InChI=1S/C13H24F2N2O/c14-13(15)12(18)8-17-11-6-3-4-9(11)10-5-1-2-7-16-10/h9-13,16-18H,1-8H2. The second-order valence-corrected chi connectivity index (χ2v) is 5.57. The van der Waals surface area contributed by atoms with Gasteiger partial charge in [0.05, 0.1) is 0 Å². The highest BCUT2D eigenvalue weighted by molar-refractivity contribution is 4.92. The van der Waals surface area contributed by atoms with Crippen molar-refractivity contribution in [2.45, 2.75) is 63.1 Å². The summed E-state index contributed by atoms with van der Waals surface area (Å²) in [5, 5.41) is 15.8. The van der Waals surface area contributed by atoms with Crippen molar-refractivity contribution in [1.29, 1.82) is 0 Å². The average Bonchev–Trinajstić information content (AvgIpc) is 2.85. The van der Waals surface area contributed by atoms with E-state index in [2.05, 4.69) is 10.6 Å². The molecule has 0 aromatic carbocycles. The molecule has 2 rings (SSSR count). The summed E-state index contributed by atoms with van der Waals surface area (Å²) in [6.07, 6.45) is 2.88. The topological polar surface area (TPSA) is 44.3 Å². The van der Waals surface area contributed by atoms with E-state index in [9.17, 15) is 8.78 Å². The van der Waals surface area contributed by atoms with E-state index < -0.39 is 12.5 Å². The molecule has 0 aromatic rings. The lowest BCUT2D eigenvalue weighted by molar-refractivity contribution is -0.00555. The molecule has 0 amide bonds. The van der Waals surface area contributed by atoms with Crippen LogP contribution in [-0.2, 0) is 0 Å². The van der Waals surface area contributed by atoms with Crippen LogP contribution in [0.3, 0.4) is 0 Å². The van der Waals surface area contributed by atoms with Crippen LogP contribution in [0.1, 0.15) is 38.5 Å². The molecule has 3 N–H and O–H groups in total. The zero-order valence-corrected chi connectivity index (χ0v) is 10.7. The zero-order chi connectivity index (χ0) is 13.0. The molecule has 1 aliphatic carbocycles. The quantitative estimate of drug-likeness (QED) is 0.704. The Morgan fingerprint density at radius 1 is 1.17 bits per heavy atom. The number of alkyl halides is 2. The summed E-state index contributed by atoms with van der Waals surface area (Å²) in [7, 11) is 0. The van der Waals surface area contributed by atoms with Crippen LogP contribution in [0.2, 0.25) is 0 Å². The number of rotatable bonds is 5. The lowest BCUT2D eigenvalue weighted by Crippen LogP contribution is -2.48. The van der Waals surface area contributed by atoms with E-state index in [0.717, 1.165) is 19.4 Å². The van der Waals surface area contributed by atoms with Crippen LogP contribution in [-0.4, -0.2) is 42.8 Å². The minimum atomic E-state index is -2.65. The van der Waals surface area contributed by atoms with E-state index in [1.807, 2.05) is 0 Å². The molecule has 2 aliphatic rings. The molecule has 4 unspecified atom stereocenters. The lowest BCUT2D eigenvalue weighted by atomic mass is 9.88. The fraction of sp³-hybridized carbons (Fsp3) is 1.00. The van der Waals surface area contributed by atoms with Crippen LogP contribution in [0, 0.1) is 5.92 Å². The number of hydrogen-bond acceptors (Lipinski definition) is 3. The molecule has 3 nitrogen and oxygen atoms in total. The monoisotopic (exact) mass is 262 g/mol. The van der Waals surface area contributed by atoms with Crippen molar-refractivity contribution in [2.24, 2.45) is 5.92 Å². The number of halogens is 2. The average molecular weight is 262 g/mol. The van der Waals surface area contributed by atoms with Crippen LogP contribution in [0.5, 0.6) is 0 Å². The van der Waals surface area contributed by atoms with Crippen LogP contribution in [0.25, 0.3) is 0 Å². The van der Waals surface area contributed by atoms with Gasteiger partial charge in [-0.25, -0.2) is 8.78 Å². The molecule has 2 fully saturated rings. The molecule has 1 heterocycles. The molecular formula is C13H24F2N2O. The van der Waals surface area contributed by atoms with Crippen molar-refractivity contribution in [3.63, 3.8) is 0 Å². The molecule has 5 heteroatoms. The lowest BCUT2D eigenvalue weighted by Gasteiger charge is -2.33. The molecule has 1 aliphatic heterocycles. The van der Waals surface area contributed by atoms with Crippen LogP contribution >= 0.6 is 0 Å². The van der Waals surface area contributed by atoms with Crippen molar-refractivity contribution in [3.05, 3.63) is 0 Å². The van der Waals surface area contributed by atoms with Gasteiger partial charge in [-0.3, -0.25) is 0 Å². The molecule has 0 aromatic heterocycles. The fourth-order valence-corrected chi connectivity index (χ4v) is 3.33. The van der Waals surface area contributed by atoms with E-state index >= 15 is 0 Å². The Labute approximate surface area is 107 Å². The van der Waals surface area contributed by atoms with Crippen molar-refractivity contribution >= 4 is 0 Å². The van der Waals surface area contributed by atoms with Crippen molar-refractivity contribution in [1.82, 2.24) is 10.6 Å². The second-order valence-electron chi connectivity index (χ2n) is 5.57. The largest absolute Gasteiger partial charge is 0.386 e. The van der Waals surface area contributed by atoms with E-state index in [-0.39, 0.29) is 12.6 Å². The molecule has 18 heavy (non-hydrogen) atoms. The summed E-state index contributed by atoms with van der Waals surface area (Å²) in [5.41, 5.74) is 0. The Morgan fingerprint density at radius 2 is 2.00 bits per heavy atom. The maximum atomic E-state index is 12.3. The van der Waals surface area contributed by atoms with Gasteiger partial charge in [0.1, 0.15) is 6.10 Å². The molecule has 0 radical (unpaired) electrons. The normalized spacial score (nSPS) is 35.0. The predicted molar refractivity (Wildman–Crippen MR) is 66.8 cm³/mol. The summed E-state index contributed by atoms with van der Waals surface area (Å²) in [6.45, 7) is 1.08. The second kappa shape index (κ2) is 6.78. The SMILES string of the molecule is OC(CNC1CCCC1C1CCCCN1)C(F)F. The van der Waals surface area contributed by atoms with E-state index in [1.54, 1.807) is 0 Å². The molecule has 1 saturated heterocycles. The highest BCUT2D eigenvalue weighted by Crippen LogP contribution is 2.31. The smallest absolute Gasteiger partial charge is 0.265 e. The summed E-state index contributed by atoms with van der Waals surface area (Å²) in [5.74, 6) is 0.537. The molecule has 1 saturated carbocycles. The molecule has 106 valence electrons. The Balaban J connectivity index is 1.79.